The molecule has 0 fully saturated rings. The number of aryl methyl sites for hydroxylation is 1. The molecule has 3 nitrogen and oxygen atoms in total. The number of amides is 1. The number of hydrogen-bond acceptors (Lipinski definition) is 2. The first-order chi connectivity index (χ1) is 7.54. The highest BCUT2D eigenvalue weighted by atomic mass is 16.3. The maximum Gasteiger partial charge on any atom is 0.223 e. The molecule has 90 valence electrons. The van der Waals surface area contributed by atoms with Crippen LogP contribution in [0.5, 0.6) is 0 Å². The topological polar surface area (TPSA) is 33.5 Å². The highest BCUT2D eigenvalue weighted by molar-refractivity contribution is 5.76. The third-order valence-corrected chi connectivity index (χ3v) is 2.53. The Labute approximate surface area is 97.4 Å². The fourth-order valence-electron chi connectivity index (χ4n) is 1.65. The number of hydrogen-bond donors (Lipinski definition) is 0. The van der Waals surface area contributed by atoms with Crippen molar-refractivity contribution in [3.63, 3.8) is 0 Å². The highest BCUT2D eigenvalue weighted by Gasteiger charge is 2.17. The van der Waals surface area contributed by atoms with Crippen molar-refractivity contribution < 1.29 is 9.21 Å². The van der Waals surface area contributed by atoms with Gasteiger partial charge in [-0.3, -0.25) is 4.79 Å². The van der Waals surface area contributed by atoms with Crippen molar-refractivity contribution in [2.24, 2.45) is 0 Å². The summed E-state index contributed by atoms with van der Waals surface area (Å²) in [5.74, 6) is 1.95. The summed E-state index contributed by atoms with van der Waals surface area (Å²) in [5.41, 5.74) is 0. The zero-order valence-corrected chi connectivity index (χ0v) is 10.6. The van der Waals surface area contributed by atoms with E-state index in [9.17, 15) is 4.79 Å². The summed E-state index contributed by atoms with van der Waals surface area (Å²) in [4.78, 5) is 13.7. The molecule has 0 aliphatic carbocycles. The van der Waals surface area contributed by atoms with Crippen LogP contribution in [0.1, 0.15) is 45.1 Å². The van der Waals surface area contributed by atoms with Crippen LogP contribution in [-0.4, -0.2) is 16.8 Å². The summed E-state index contributed by atoms with van der Waals surface area (Å²) >= 11 is 0. The predicted molar refractivity (Wildman–Crippen MR) is 64.0 cm³/mol. The van der Waals surface area contributed by atoms with Gasteiger partial charge in [0.15, 0.2) is 0 Å². The molecule has 1 aromatic heterocycles. The second-order valence-electron chi connectivity index (χ2n) is 4.38. The zero-order chi connectivity index (χ0) is 12.1. The molecule has 0 saturated heterocycles. The van der Waals surface area contributed by atoms with Gasteiger partial charge in [0.1, 0.15) is 11.5 Å². The summed E-state index contributed by atoms with van der Waals surface area (Å²) in [7, 11) is 0. The van der Waals surface area contributed by atoms with Gasteiger partial charge in [-0.1, -0.05) is 6.92 Å². The molecule has 0 aromatic carbocycles. The molecule has 1 aromatic rings. The summed E-state index contributed by atoms with van der Waals surface area (Å²) in [5, 5.41) is 0. The molecule has 16 heavy (non-hydrogen) atoms. The Hall–Kier alpha value is -1.25. The number of furan rings is 1. The lowest BCUT2D eigenvalue weighted by atomic mass is 10.2. The second kappa shape index (κ2) is 5.73. The molecular formula is C13H21NO2. The average molecular weight is 223 g/mol. The lowest BCUT2D eigenvalue weighted by Crippen LogP contribution is -2.36. The first-order valence-corrected chi connectivity index (χ1v) is 5.89. The van der Waals surface area contributed by atoms with Crippen molar-refractivity contribution in [2.45, 2.75) is 53.1 Å². The van der Waals surface area contributed by atoms with Crippen LogP contribution in [0.4, 0.5) is 0 Å². The third-order valence-electron chi connectivity index (χ3n) is 2.53. The maximum atomic E-state index is 11.9. The first-order valence-electron chi connectivity index (χ1n) is 5.89. The van der Waals surface area contributed by atoms with E-state index in [-0.39, 0.29) is 11.9 Å². The molecule has 1 rings (SSSR count). The van der Waals surface area contributed by atoms with E-state index in [0.717, 1.165) is 17.9 Å². The molecule has 0 spiro atoms. The summed E-state index contributed by atoms with van der Waals surface area (Å²) < 4.78 is 5.50. The van der Waals surface area contributed by atoms with Crippen molar-refractivity contribution in [1.82, 2.24) is 4.90 Å². The summed E-state index contributed by atoms with van der Waals surface area (Å²) in [6.45, 7) is 8.57. The Kier molecular flexibility index (Phi) is 4.59. The Morgan fingerprint density at radius 2 is 2.12 bits per heavy atom. The second-order valence-corrected chi connectivity index (χ2v) is 4.38. The molecule has 0 saturated carbocycles. The Bertz CT molecular complexity index is 341. The van der Waals surface area contributed by atoms with Crippen LogP contribution in [0.3, 0.4) is 0 Å². The van der Waals surface area contributed by atoms with Crippen LogP contribution in [-0.2, 0) is 11.3 Å². The van der Waals surface area contributed by atoms with Gasteiger partial charge in [-0.05, 0) is 39.3 Å². The van der Waals surface area contributed by atoms with Crippen LogP contribution in [0.2, 0.25) is 0 Å². The largest absolute Gasteiger partial charge is 0.464 e. The van der Waals surface area contributed by atoms with Crippen LogP contribution in [0.15, 0.2) is 16.5 Å². The van der Waals surface area contributed by atoms with Crippen LogP contribution >= 0.6 is 0 Å². The quantitative estimate of drug-likeness (QED) is 0.768. The van der Waals surface area contributed by atoms with Crippen LogP contribution in [0.25, 0.3) is 0 Å². The molecule has 0 aliphatic rings. The third kappa shape index (κ3) is 3.40. The van der Waals surface area contributed by atoms with Gasteiger partial charge >= 0.3 is 0 Å². The molecule has 0 N–H and O–H groups in total. The van der Waals surface area contributed by atoms with Gasteiger partial charge in [-0.15, -0.1) is 0 Å². The van der Waals surface area contributed by atoms with E-state index in [0.29, 0.717) is 13.0 Å². The smallest absolute Gasteiger partial charge is 0.223 e. The van der Waals surface area contributed by atoms with E-state index in [1.165, 1.54) is 0 Å². The van der Waals surface area contributed by atoms with Gasteiger partial charge in [0.25, 0.3) is 0 Å². The van der Waals surface area contributed by atoms with Crippen molar-refractivity contribution in [3.8, 4) is 0 Å². The van der Waals surface area contributed by atoms with E-state index in [1.54, 1.807) is 0 Å². The first kappa shape index (κ1) is 12.8. The molecular weight excluding hydrogens is 202 g/mol. The van der Waals surface area contributed by atoms with Gasteiger partial charge < -0.3 is 9.32 Å². The Morgan fingerprint density at radius 1 is 1.44 bits per heavy atom. The van der Waals surface area contributed by atoms with Gasteiger partial charge in [0, 0.05) is 12.5 Å². The predicted octanol–water partition coefficient (Wildman–Crippen LogP) is 3.13. The highest BCUT2D eigenvalue weighted by Crippen LogP contribution is 2.13. The normalized spacial score (nSPS) is 10.8. The minimum absolute atomic E-state index is 0.201. The lowest BCUT2D eigenvalue weighted by molar-refractivity contribution is -0.133. The van der Waals surface area contributed by atoms with Gasteiger partial charge in [0.2, 0.25) is 5.91 Å². The molecule has 0 unspecified atom stereocenters. The molecule has 1 heterocycles. The van der Waals surface area contributed by atoms with Crippen LogP contribution < -0.4 is 0 Å². The monoisotopic (exact) mass is 223 g/mol. The van der Waals surface area contributed by atoms with Crippen molar-refractivity contribution in [2.75, 3.05) is 0 Å². The number of rotatable bonds is 5. The minimum Gasteiger partial charge on any atom is -0.464 e. The molecule has 3 heteroatoms. The van der Waals surface area contributed by atoms with Crippen molar-refractivity contribution in [3.05, 3.63) is 23.7 Å². The molecule has 0 bridgehead atoms. The maximum absolute atomic E-state index is 11.9. The zero-order valence-electron chi connectivity index (χ0n) is 10.6. The number of carbonyl (C=O) groups excluding carboxylic acids is 1. The SMILES string of the molecule is CCCC(=O)N(Cc1ccc(C)o1)C(C)C. The molecule has 1 amide bonds. The van der Waals surface area contributed by atoms with E-state index >= 15 is 0 Å². The van der Waals surface area contributed by atoms with E-state index in [1.807, 2.05) is 44.7 Å². The lowest BCUT2D eigenvalue weighted by Gasteiger charge is -2.25. The average Bonchev–Trinajstić information content (AvgIpc) is 2.60. The van der Waals surface area contributed by atoms with Gasteiger partial charge in [0.05, 0.1) is 6.54 Å². The number of nitrogens with zero attached hydrogens (tertiary/aromatic N) is 1. The van der Waals surface area contributed by atoms with Crippen molar-refractivity contribution >= 4 is 5.91 Å². The Morgan fingerprint density at radius 3 is 2.56 bits per heavy atom. The summed E-state index contributed by atoms with van der Waals surface area (Å²) in [6.07, 6.45) is 1.50. The minimum atomic E-state index is 0.201. The summed E-state index contributed by atoms with van der Waals surface area (Å²) in [6, 6.07) is 4.08. The van der Waals surface area contributed by atoms with Crippen molar-refractivity contribution in [1.29, 1.82) is 0 Å². The van der Waals surface area contributed by atoms with E-state index in [4.69, 9.17) is 4.42 Å². The Balaban J connectivity index is 2.68. The van der Waals surface area contributed by atoms with E-state index < -0.39 is 0 Å². The van der Waals surface area contributed by atoms with Gasteiger partial charge in [-0.25, -0.2) is 0 Å². The fraction of sp³-hybridized carbons (Fsp3) is 0.615. The standard InChI is InChI=1S/C13H21NO2/c1-5-6-13(15)14(10(2)3)9-12-8-7-11(4)16-12/h7-8,10H,5-6,9H2,1-4H3. The fourth-order valence-corrected chi connectivity index (χ4v) is 1.65. The molecule has 0 radical (unpaired) electrons. The van der Waals surface area contributed by atoms with E-state index in [2.05, 4.69) is 0 Å². The number of carbonyl (C=O) groups is 1. The van der Waals surface area contributed by atoms with Crippen LogP contribution in [0, 0.1) is 6.92 Å². The molecule has 0 aliphatic heterocycles. The molecule has 0 atom stereocenters. The van der Waals surface area contributed by atoms with Gasteiger partial charge in [-0.2, -0.15) is 0 Å².